The Morgan fingerprint density at radius 1 is 1.00 bits per heavy atom. The Kier molecular flexibility index (Phi) is 9.71. The van der Waals surface area contributed by atoms with Gasteiger partial charge in [0.15, 0.2) is 0 Å². The first-order valence-corrected chi connectivity index (χ1v) is 14.1. The highest BCUT2D eigenvalue weighted by Gasteiger charge is 2.71. The molecule has 4 rings (SSSR count). The van der Waals surface area contributed by atoms with Crippen molar-refractivity contribution in [3.63, 3.8) is 0 Å². The summed E-state index contributed by atoms with van der Waals surface area (Å²) in [5.74, 6) is 0. The predicted molar refractivity (Wildman–Crippen MR) is 151 cm³/mol. The first-order chi connectivity index (χ1) is 18.6. The number of aliphatic hydroxyl groups is 1. The Morgan fingerprint density at radius 2 is 1.63 bits per heavy atom. The van der Waals surface area contributed by atoms with E-state index in [-0.39, 0.29) is 41.8 Å². The molecule has 5 nitrogen and oxygen atoms in total. The van der Waals surface area contributed by atoms with Crippen molar-refractivity contribution < 1.29 is 39.9 Å². The van der Waals surface area contributed by atoms with Gasteiger partial charge in [-0.1, -0.05) is 66.3 Å². The molecule has 1 unspecified atom stereocenters. The highest BCUT2D eigenvalue weighted by molar-refractivity contribution is 7.96. The van der Waals surface area contributed by atoms with Crippen LogP contribution in [0.25, 0.3) is 0 Å². The quantitative estimate of drug-likeness (QED) is 0.310. The van der Waals surface area contributed by atoms with Gasteiger partial charge in [-0.05, 0) is 37.1 Å². The summed E-state index contributed by atoms with van der Waals surface area (Å²) >= 11 is 5.27. The second-order valence-corrected chi connectivity index (χ2v) is 12.1. The number of aryl methyl sites for hydroxylation is 1. The molecule has 14 heteroatoms. The zero-order valence-electron chi connectivity index (χ0n) is 21.6. The van der Waals surface area contributed by atoms with Gasteiger partial charge in [-0.3, -0.25) is 0 Å². The van der Waals surface area contributed by atoms with Crippen LogP contribution < -0.4 is 4.90 Å². The predicted octanol–water partition coefficient (Wildman–Crippen LogP) is 6.01. The molecule has 0 aromatic heterocycles. The van der Waals surface area contributed by atoms with Crippen molar-refractivity contribution in [3.05, 3.63) is 88.4 Å². The molecule has 0 radical (unpaired) electrons. The van der Waals surface area contributed by atoms with Crippen LogP contribution in [0, 0.1) is 6.92 Å². The molecule has 0 saturated carbocycles. The van der Waals surface area contributed by atoms with Crippen LogP contribution >= 0.6 is 24.6 Å². The number of rotatable bonds is 6. The van der Waals surface area contributed by atoms with Gasteiger partial charge in [0.1, 0.15) is 0 Å². The fourth-order valence-corrected chi connectivity index (χ4v) is 7.02. The second kappa shape index (κ2) is 12.0. The summed E-state index contributed by atoms with van der Waals surface area (Å²) in [6.45, 7) is 2.04. The second-order valence-electron chi connectivity index (χ2n) is 9.74. The van der Waals surface area contributed by atoms with E-state index >= 15 is 0 Å². The van der Waals surface area contributed by atoms with Crippen molar-refractivity contribution in [1.82, 2.24) is 4.31 Å². The normalized spacial score (nSPS) is 19.1. The first kappa shape index (κ1) is 33.1. The molecule has 1 heterocycles. The van der Waals surface area contributed by atoms with E-state index in [1.54, 1.807) is 17.1 Å². The molecule has 1 aliphatic heterocycles. The number of benzene rings is 2. The number of piperazine rings is 1. The van der Waals surface area contributed by atoms with Crippen molar-refractivity contribution in [2.24, 2.45) is 0 Å². The summed E-state index contributed by atoms with van der Waals surface area (Å²) in [4.78, 5) is 2.08. The van der Waals surface area contributed by atoms with Crippen molar-refractivity contribution >= 4 is 45.2 Å². The van der Waals surface area contributed by atoms with Crippen molar-refractivity contribution in [2.45, 2.75) is 43.8 Å². The van der Waals surface area contributed by atoms with Crippen LogP contribution in [-0.4, -0.2) is 60.7 Å². The van der Waals surface area contributed by atoms with Crippen LogP contribution in [-0.2, 0) is 22.0 Å². The standard InChI is InChI=1S/C27H26F6N2O3S2.ClH/c1-18-5-4-6-19(15-18)16-22-17-34(40(37,38)24-8-3-2-7-23(24)39)13-14-35(22)21-11-9-20(10-12-21)25(36,26(28,29)30)27(31,32)33;/h2-6,8-12,15,22,36H,7,13-14,16-17H2,1H3;1H. The Labute approximate surface area is 245 Å². The minimum Gasteiger partial charge on any atom is -0.369 e. The van der Waals surface area contributed by atoms with Gasteiger partial charge < -0.3 is 10.0 Å². The van der Waals surface area contributed by atoms with Crippen molar-refractivity contribution in [3.8, 4) is 0 Å². The summed E-state index contributed by atoms with van der Waals surface area (Å²) in [6.07, 6.45) is -6.50. The van der Waals surface area contributed by atoms with E-state index in [1.165, 1.54) is 10.4 Å². The van der Waals surface area contributed by atoms with Gasteiger partial charge in [0.2, 0.25) is 10.0 Å². The van der Waals surface area contributed by atoms with Crippen LogP contribution in [0.3, 0.4) is 0 Å². The third-order valence-electron chi connectivity index (χ3n) is 7.02. The summed E-state index contributed by atoms with van der Waals surface area (Å²) in [7, 11) is -3.94. The summed E-state index contributed by atoms with van der Waals surface area (Å²) in [5, 5.41) is 9.74. The Bertz CT molecular complexity index is 1430. The minimum atomic E-state index is -6.00. The molecule has 0 spiro atoms. The SMILES string of the molecule is Cc1cccc(CC2CN(S(=O)(=O)C3=CC=CCC3=S)CCN2c2ccc(C(O)(C(F)(F)F)C(F)(F)F)cc2)c1.Cl. The zero-order valence-corrected chi connectivity index (χ0v) is 24.1. The van der Waals surface area contributed by atoms with Gasteiger partial charge in [-0.25, -0.2) is 8.42 Å². The molecule has 1 atom stereocenters. The van der Waals surface area contributed by atoms with E-state index in [9.17, 15) is 39.9 Å². The molecule has 1 N–H and O–H groups in total. The average molecular weight is 641 g/mol. The molecule has 0 bridgehead atoms. The van der Waals surface area contributed by atoms with E-state index in [1.807, 2.05) is 31.2 Å². The topological polar surface area (TPSA) is 60.9 Å². The average Bonchev–Trinajstić information content (AvgIpc) is 2.87. The Balaban J connectivity index is 0.00000462. The van der Waals surface area contributed by atoms with Gasteiger partial charge in [0.25, 0.3) is 5.60 Å². The molecule has 41 heavy (non-hydrogen) atoms. The Hall–Kier alpha value is -2.45. The molecule has 2 aromatic rings. The van der Waals surface area contributed by atoms with E-state index in [0.717, 1.165) is 23.3 Å². The minimum absolute atomic E-state index is 0. The Morgan fingerprint density at radius 3 is 2.20 bits per heavy atom. The van der Waals surface area contributed by atoms with Crippen molar-refractivity contribution in [1.29, 1.82) is 0 Å². The summed E-state index contributed by atoms with van der Waals surface area (Å²) < 4.78 is 108. The number of alkyl halides is 6. The zero-order chi connectivity index (χ0) is 29.5. The molecule has 1 aliphatic carbocycles. The smallest absolute Gasteiger partial charge is 0.369 e. The molecule has 2 aliphatic rings. The number of anilines is 1. The third-order valence-corrected chi connectivity index (χ3v) is 9.48. The van der Waals surface area contributed by atoms with E-state index in [0.29, 0.717) is 30.7 Å². The van der Waals surface area contributed by atoms with E-state index in [2.05, 4.69) is 0 Å². The van der Waals surface area contributed by atoms with Crippen LogP contribution in [0.1, 0.15) is 23.1 Å². The van der Waals surface area contributed by atoms with Crippen LogP contribution in [0.5, 0.6) is 0 Å². The maximum atomic E-state index is 13.5. The first-order valence-electron chi connectivity index (χ1n) is 12.2. The lowest BCUT2D eigenvalue weighted by atomic mass is 9.92. The van der Waals surface area contributed by atoms with E-state index < -0.39 is 39.6 Å². The molecular formula is C27H27ClF6N2O3S2. The number of thiocarbonyl (C=S) groups is 1. The van der Waals surface area contributed by atoms with Gasteiger partial charge in [-0.15, -0.1) is 12.4 Å². The largest absolute Gasteiger partial charge is 0.430 e. The van der Waals surface area contributed by atoms with Gasteiger partial charge in [0.05, 0.1) is 4.91 Å². The molecule has 1 saturated heterocycles. The molecule has 2 aromatic carbocycles. The molecule has 1 fully saturated rings. The number of allylic oxidation sites excluding steroid dienone is 4. The number of nitrogens with zero attached hydrogens (tertiary/aromatic N) is 2. The molecule has 224 valence electrons. The highest BCUT2D eigenvalue weighted by atomic mass is 35.5. The maximum Gasteiger partial charge on any atom is 0.430 e. The molecule has 0 amide bonds. The van der Waals surface area contributed by atoms with Crippen molar-refractivity contribution in [2.75, 3.05) is 24.5 Å². The van der Waals surface area contributed by atoms with E-state index in [4.69, 9.17) is 12.2 Å². The number of sulfonamides is 1. The highest BCUT2D eigenvalue weighted by Crippen LogP contribution is 2.50. The fourth-order valence-electron chi connectivity index (χ4n) is 4.95. The van der Waals surface area contributed by atoms with Gasteiger partial charge in [0, 0.05) is 48.2 Å². The van der Waals surface area contributed by atoms with Gasteiger partial charge in [-0.2, -0.15) is 30.6 Å². The summed E-state index contributed by atoms with van der Waals surface area (Å²) in [6, 6.07) is 10.4. The maximum absolute atomic E-state index is 13.5. The van der Waals surface area contributed by atoms with Crippen LogP contribution in [0.15, 0.2) is 71.7 Å². The lowest BCUT2D eigenvalue weighted by Gasteiger charge is -2.43. The summed E-state index contributed by atoms with van der Waals surface area (Å²) in [5.41, 5.74) is -4.26. The van der Waals surface area contributed by atoms with Crippen LogP contribution in [0.4, 0.5) is 32.0 Å². The van der Waals surface area contributed by atoms with Crippen LogP contribution in [0.2, 0.25) is 0 Å². The number of hydrogen-bond donors (Lipinski definition) is 1. The lowest BCUT2D eigenvalue weighted by Crippen LogP contribution is -2.56. The number of hydrogen-bond acceptors (Lipinski definition) is 5. The number of halogens is 7. The molecular weight excluding hydrogens is 614 g/mol. The fraction of sp³-hybridized carbons (Fsp3) is 0.370. The lowest BCUT2D eigenvalue weighted by molar-refractivity contribution is -0.376. The third kappa shape index (κ3) is 6.48. The van der Waals surface area contributed by atoms with Gasteiger partial charge >= 0.3 is 12.4 Å². The monoisotopic (exact) mass is 640 g/mol.